The Morgan fingerprint density at radius 2 is 1.32 bits per heavy atom. The van der Waals surface area contributed by atoms with E-state index >= 15 is 0 Å². The van der Waals surface area contributed by atoms with Gasteiger partial charge in [0.25, 0.3) is 6.33 Å². The number of nitrogens with zero attached hydrogens (tertiary/aromatic N) is 2. The van der Waals surface area contributed by atoms with Gasteiger partial charge in [-0.15, -0.1) is 0 Å². The van der Waals surface area contributed by atoms with E-state index in [-0.39, 0.29) is 0 Å². The first-order chi connectivity index (χ1) is 9.36. The molecule has 0 spiro atoms. The molecular formula is C17H29N2+. The minimum Gasteiger partial charge on any atom is -0.240 e. The Balaban J connectivity index is 1.97. The maximum atomic E-state index is 4.65. The molecule has 0 N–H and O–H groups in total. The predicted molar refractivity (Wildman–Crippen MR) is 79.0 cm³/mol. The maximum absolute atomic E-state index is 4.65. The molecule has 0 atom stereocenters. The van der Waals surface area contributed by atoms with E-state index < -0.39 is 0 Å². The molecule has 106 valence electrons. The van der Waals surface area contributed by atoms with Crippen LogP contribution in [0.5, 0.6) is 0 Å². The first-order valence-electron chi connectivity index (χ1n) is 8.19. The number of aromatic nitrogens is 2. The van der Waals surface area contributed by atoms with E-state index in [1.54, 1.807) is 0 Å². The van der Waals surface area contributed by atoms with Gasteiger partial charge in [-0.2, -0.15) is 0 Å². The average molecular weight is 261 g/mol. The third kappa shape index (κ3) is 5.30. The van der Waals surface area contributed by atoms with Crippen molar-refractivity contribution >= 4 is 0 Å². The molecule has 1 heterocycles. The molecule has 0 radical (unpaired) electrons. The fourth-order valence-corrected chi connectivity index (χ4v) is 3.05. The van der Waals surface area contributed by atoms with Gasteiger partial charge in [0, 0.05) is 12.0 Å². The second-order valence-electron chi connectivity index (χ2n) is 6.05. The Morgan fingerprint density at radius 3 is 1.95 bits per heavy atom. The molecule has 0 bridgehead atoms. The molecule has 2 rings (SSSR count). The molecule has 1 aliphatic rings. The van der Waals surface area contributed by atoms with Gasteiger partial charge in [0.15, 0.2) is 5.69 Å². The lowest BCUT2D eigenvalue weighted by molar-refractivity contribution is -0.675. The molecule has 0 aromatic carbocycles. The SMILES string of the molecule is C[n+]1cnc2c(c1)CCCCCCCCCCCC2. The third-order valence-corrected chi connectivity index (χ3v) is 4.24. The van der Waals surface area contributed by atoms with Crippen LogP contribution in [0.15, 0.2) is 12.5 Å². The zero-order valence-electron chi connectivity index (χ0n) is 12.5. The smallest absolute Gasteiger partial charge is 0.240 e. The Labute approximate surface area is 118 Å². The standard InChI is InChI=1S/C17H29N2/c1-19-14-16-12-10-8-6-4-2-3-5-7-9-11-13-17(16)18-15-19/h14-15H,2-13H2,1H3/q+1. The summed E-state index contributed by atoms with van der Waals surface area (Å²) in [6.45, 7) is 0. The molecule has 0 unspecified atom stereocenters. The van der Waals surface area contributed by atoms with Gasteiger partial charge >= 0.3 is 0 Å². The van der Waals surface area contributed by atoms with Crippen molar-refractivity contribution in [1.82, 2.24) is 4.98 Å². The zero-order chi connectivity index (χ0) is 13.3. The minimum absolute atomic E-state index is 1.18. The van der Waals surface area contributed by atoms with E-state index in [0.717, 1.165) is 0 Å². The first-order valence-corrected chi connectivity index (χ1v) is 8.19. The van der Waals surface area contributed by atoms with E-state index in [4.69, 9.17) is 0 Å². The largest absolute Gasteiger partial charge is 0.286 e. The van der Waals surface area contributed by atoms with Crippen LogP contribution in [0.3, 0.4) is 0 Å². The van der Waals surface area contributed by atoms with E-state index in [0.29, 0.717) is 0 Å². The monoisotopic (exact) mass is 261 g/mol. The van der Waals surface area contributed by atoms with Crippen LogP contribution in [0.2, 0.25) is 0 Å². The van der Waals surface area contributed by atoms with E-state index in [9.17, 15) is 0 Å². The number of hydrogen-bond acceptors (Lipinski definition) is 1. The Hall–Kier alpha value is -0.920. The molecule has 1 aromatic rings. The van der Waals surface area contributed by atoms with Crippen LogP contribution in [-0.4, -0.2) is 4.98 Å². The minimum atomic E-state index is 1.18. The lowest BCUT2D eigenvalue weighted by Gasteiger charge is -2.07. The van der Waals surface area contributed by atoms with Crippen LogP contribution < -0.4 is 4.57 Å². The number of rotatable bonds is 0. The van der Waals surface area contributed by atoms with Crippen LogP contribution in [0.1, 0.15) is 75.5 Å². The van der Waals surface area contributed by atoms with Crippen molar-refractivity contribution < 1.29 is 4.57 Å². The van der Waals surface area contributed by atoms with Gasteiger partial charge in [-0.3, -0.25) is 0 Å². The van der Waals surface area contributed by atoms with Gasteiger partial charge < -0.3 is 0 Å². The molecule has 0 saturated heterocycles. The van der Waals surface area contributed by atoms with Crippen molar-refractivity contribution in [1.29, 1.82) is 0 Å². The van der Waals surface area contributed by atoms with Crippen LogP contribution in [0, 0.1) is 0 Å². The quantitative estimate of drug-likeness (QED) is 0.647. The van der Waals surface area contributed by atoms with Crippen molar-refractivity contribution in [2.75, 3.05) is 0 Å². The summed E-state index contributed by atoms with van der Waals surface area (Å²) in [5.74, 6) is 0. The highest BCUT2D eigenvalue weighted by Crippen LogP contribution is 2.16. The highest BCUT2D eigenvalue weighted by molar-refractivity contribution is 5.14. The molecule has 2 nitrogen and oxygen atoms in total. The van der Waals surface area contributed by atoms with Crippen molar-refractivity contribution in [2.45, 2.75) is 77.0 Å². The molecule has 1 aromatic heterocycles. The van der Waals surface area contributed by atoms with Crippen LogP contribution in [0.4, 0.5) is 0 Å². The molecule has 0 aliphatic heterocycles. The second-order valence-corrected chi connectivity index (χ2v) is 6.05. The molecular weight excluding hydrogens is 232 g/mol. The molecule has 19 heavy (non-hydrogen) atoms. The lowest BCUT2D eigenvalue weighted by atomic mass is 9.99. The van der Waals surface area contributed by atoms with Crippen molar-refractivity contribution in [2.24, 2.45) is 7.05 Å². The van der Waals surface area contributed by atoms with Crippen LogP contribution in [0.25, 0.3) is 0 Å². The Kier molecular flexibility index (Phi) is 6.32. The predicted octanol–water partition coefficient (Wildman–Crippen LogP) is 3.91. The van der Waals surface area contributed by atoms with Crippen LogP contribution in [-0.2, 0) is 19.9 Å². The molecule has 0 saturated carbocycles. The van der Waals surface area contributed by atoms with Gasteiger partial charge in [-0.05, 0) is 19.3 Å². The van der Waals surface area contributed by atoms with Gasteiger partial charge in [0.1, 0.15) is 0 Å². The summed E-state index contributed by atoms with van der Waals surface area (Å²) in [5, 5.41) is 0. The average Bonchev–Trinajstić information content (AvgIpc) is 2.41. The zero-order valence-corrected chi connectivity index (χ0v) is 12.5. The van der Waals surface area contributed by atoms with E-state index in [1.165, 1.54) is 88.3 Å². The van der Waals surface area contributed by atoms with Crippen LogP contribution >= 0.6 is 0 Å². The van der Waals surface area contributed by atoms with Crippen molar-refractivity contribution in [3.8, 4) is 0 Å². The summed E-state index contributed by atoms with van der Waals surface area (Å²) in [6.07, 6.45) is 20.7. The van der Waals surface area contributed by atoms with Crippen molar-refractivity contribution in [3.63, 3.8) is 0 Å². The van der Waals surface area contributed by atoms with E-state index in [1.807, 2.05) is 6.33 Å². The number of aryl methyl sites for hydroxylation is 3. The summed E-state index contributed by atoms with van der Waals surface area (Å²) in [6, 6.07) is 0. The normalized spacial score (nSPS) is 19.4. The summed E-state index contributed by atoms with van der Waals surface area (Å²) in [7, 11) is 2.08. The Morgan fingerprint density at radius 1 is 0.789 bits per heavy atom. The number of hydrogen-bond donors (Lipinski definition) is 0. The van der Waals surface area contributed by atoms with Gasteiger partial charge in [-0.25, -0.2) is 4.57 Å². The van der Waals surface area contributed by atoms with E-state index in [2.05, 4.69) is 22.8 Å². The highest BCUT2D eigenvalue weighted by Gasteiger charge is 2.11. The third-order valence-electron chi connectivity index (χ3n) is 4.24. The molecule has 2 heteroatoms. The Bertz CT molecular complexity index is 374. The fourth-order valence-electron chi connectivity index (χ4n) is 3.05. The molecule has 1 aliphatic carbocycles. The van der Waals surface area contributed by atoms with Crippen molar-refractivity contribution in [3.05, 3.63) is 23.8 Å². The summed E-state index contributed by atoms with van der Waals surface area (Å²) >= 11 is 0. The van der Waals surface area contributed by atoms with Gasteiger partial charge in [-0.1, -0.05) is 56.4 Å². The first kappa shape index (κ1) is 14.5. The second kappa shape index (κ2) is 8.29. The number of fused-ring (bicyclic) bond motifs is 1. The maximum Gasteiger partial charge on any atom is 0.286 e. The molecule has 0 fully saturated rings. The lowest BCUT2D eigenvalue weighted by Crippen LogP contribution is -2.29. The summed E-state index contributed by atoms with van der Waals surface area (Å²) in [5.41, 5.74) is 2.84. The topological polar surface area (TPSA) is 16.8 Å². The summed E-state index contributed by atoms with van der Waals surface area (Å²) in [4.78, 5) is 4.65. The van der Waals surface area contributed by atoms with Gasteiger partial charge in [0.05, 0.1) is 13.2 Å². The van der Waals surface area contributed by atoms with Gasteiger partial charge in [0.2, 0.25) is 0 Å². The molecule has 0 amide bonds. The summed E-state index contributed by atoms with van der Waals surface area (Å²) < 4.78 is 2.10. The fraction of sp³-hybridized carbons (Fsp3) is 0.765. The highest BCUT2D eigenvalue weighted by atomic mass is 15.0.